The summed E-state index contributed by atoms with van der Waals surface area (Å²) in [4.78, 5) is 45.5. The van der Waals surface area contributed by atoms with E-state index >= 15 is 0 Å². The molecule has 0 saturated heterocycles. The Morgan fingerprint density at radius 1 is 0.529 bits per heavy atom. The number of carbonyl (C=O) groups is 3. The first-order chi connectivity index (χ1) is 23.7. The van der Waals surface area contributed by atoms with Crippen LogP contribution in [0.2, 0.25) is 0 Å². The molecule has 3 aromatic rings. The zero-order chi connectivity index (χ0) is 38.7. The highest BCUT2D eigenvalue weighted by Gasteiger charge is 2.26. The quantitative estimate of drug-likeness (QED) is 0.115. The van der Waals surface area contributed by atoms with Crippen LogP contribution >= 0.6 is 0 Å². The number of carbonyl (C=O) groups excluding carboxylic acids is 3. The number of aliphatic imine (C=N–C) groups is 3. The first-order valence-corrected chi connectivity index (χ1v) is 16.1. The molecular weight excluding hydrogens is 654 g/mol. The zero-order valence-electron chi connectivity index (χ0n) is 30.9. The second-order valence-electron chi connectivity index (χ2n) is 13.3. The largest absolute Gasteiger partial charge is 0.507 e. The van der Waals surface area contributed by atoms with Gasteiger partial charge in [-0.2, -0.15) is 0 Å². The minimum Gasteiger partial charge on any atom is -0.507 e. The van der Waals surface area contributed by atoms with E-state index in [1.54, 1.807) is 67.9 Å². The molecule has 12 nitrogen and oxygen atoms in total. The van der Waals surface area contributed by atoms with Crippen molar-refractivity contribution in [1.29, 1.82) is 0 Å². The monoisotopic (exact) mass is 705 g/mol. The molecule has 3 N–H and O–H groups in total. The van der Waals surface area contributed by atoms with Gasteiger partial charge < -0.3 is 29.5 Å². The number of esters is 3. The van der Waals surface area contributed by atoms with Crippen LogP contribution in [0.5, 0.6) is 17.2 Å². The highest BCUT2D eigenvalue weighted by Crippen LogP contribution is 2.18. The first-order valence-electron chi connectivity index (χ1n) is 16.1. The Balaban J connectivity index is 0.000000393. The van der Waals surface area contributed by atoms with Gasteiger partial charge in [-0.15, -0.1) is 0 Å². The van der Waals surface area contributed by atoms with Gasteiger partial charge in [-0.05, 0) is 77.9 Å². The van der Waals surface area contributed by atoms with Gasteiger partial charge in [0.05, 0.1) is 11.1 Å². The number of hydrogen-bond donors (Lipinski definition) is 3. The number of hydrogen-bond acceptors (Lipinski definition) is 12. The topological polar surface area (TPSA) is 177 Å². The lowest BCUT2D eigenvalue weighted by Crippen LogP contribution is -2.36. The molecule has 0 aliphatic rings. The van der Waals surface area contributed by atoms with Gasteiger partial charge in [0.1, 0.15) is 42.6 Å². The normalized spacial score (nSPS) is 11.7. The van der Waals surface area contributed by atoms with E-state index < -0.39 is 23.0 Å². The molecule has 0 amide bonds. The maximum Gasteiger partial charge on any atom is 0.302 e. The number of para-hydroxylation sites is 3. The Labute approximate surface area is 300 Å². The lowest BCUT2D eigenvalue weighted by Gasteiger charge is -2.23. The van der Waals surface area contributed by atoms with Gasteiger partial charge >= 0.3 is 17.9 Å². The van der Waals surface area contributed by atoms with Crippen LogP contribution in [-0.2, 0) is 28.6 Å². The minimum absolute atomic E-state index is 0.0281. The van der Waals surface area contributed by atoms with Crippen LogP contribution < -0.4 is 0 Å². The number of benzene rings is 3. The van der Waals surface area contributed by atoms with Crippen molar-refractivity contribution >= 4 is 36.6 Å². The third-order valence-corrected chi connectivity index (χ3v) is 6.27. The summed E-state index contributed by atoms with van der Waals surface area (Å²) < 4.78 is 14.8. The first kappa shape index (κ1) is 43.5. The molecule has 3 aromatic carbocycles. The summed E-state index contributed by atoms with van der Waals surface area (Å²) in [7, 11) is 0. The van der Waals surface area contributed by atoms with Gasteiger partial charge in [-0.25, -0.2) is 0 Å². The van der Waals surface area contributed by atoms with E-state index in [1.165, 1.54) is 33.1 Å². The van der Waals surface area contributed by atoms with Crippen LogP contribution in [0.3, 0.4) is 0 Å². The number of ether oxygens (including phenoxy) is 3. The van der Waals surface area contributed by atoms with E-state index in [0.29, 0.717) is 11.1 Å². The highest BCUT2D eigenvalue weighted by molar-refractivity contribution is 5.84. The fourth-order valence-corrected chi connectivity index (χ4v) is 3.47. The molecule has 0 aliphatic heterocycles. The predicted molar refractivity (Wildman–Crippen MR) is 199 cm³/mol. The summed E-state index contributed by atoms with van der Waals surface area (Å²) >= 11 is 0. The van der Waals surface area contributed by atoms with E-state index in [4.69, 9.17) is 14.2 Å². The summed E-state index contributed by atoms with van der Waals surface area (Å²) in [6, 6.07) is 20.8. The van der Waals surface area contributed by atoms with Gasteiger partial charge in [-0.3, -0.25) is 29.4 Å². The van der Waals surface area contributed by atoms with Crippen molar-refractivity contribution in [2.45, 2.75) is 78.9 Å². The van der Waals surface area contributed by atoms with Crippen molar-refractivity contribution in [2.24, 2.45) is 15.0 Å². The molecule has 0 aliphatic carbocycles. The smallest absolute Gasteiger partial charge is 0.302 e. The molecule has 51 heavy (non-hydrogen) atoms. The van der Waals surface area contributed by atoms with Gasteiger partial charge in [0.2, 0.25) is 0 Å². The van der Waals surface area contributed by atoms with Crippen molar-refractivity contribution in [3.05, 3.63) is 89.5 Å². The molecule has 0 aromatic heterocycles. The second kappa shape index (κ2) is 20.9. The van der Waals surface area contributed by atoms with Crippen LogP contribution in [0.4, 0.5) is 0 Å². The van der Waals surface area contributed by atoms with E-state index in [9.17, 15) is 29.7 Å². The molecule has 276 valence electrons. The standard InChI is InChI=1S/C15H19NO5.C13H17NO3.C11H15NO/c1-11(17)20-9-15(3,10-21-12(2)18)16-8-13-6-4-5-7-14(13)19;1-10(15)17-9-13(2,3)14-8-11-6-4-5-7-12(11)16;1-11(2,3)12-8-9-6-4-5-7-10(9)13/h4-8,19H,9-10H2,1-3H3;4-8,16H,9H2,1-3H3;4-8,13H,1-3H3. The Hall–Kier alpha value is -5.52. The highest BCUT2D eigenvalue weighted by atomic mass is 16.5. The number of aromatic hydroxyl groups is 3. The van der Waals surface area contributed by atoms with Gasteiger partial charge in [-0.1, -0.05) is 36.4 Å². The summed E-state index contributed by atoms with van der Waals surface area (Å²) in [5.41, 5.74) is 0.408. The van der Waals surface area contributed by atoms with Crippen molar-refractivity contribution in [3.8, 4) is 17.2 Å². The van der Waals surface area contributed by atoms with E-state index in [0.717, 1.165) is 5.56 Å². The summed E-state index contributed by atoms with van der Waals surface area (Å²) in [5.74, 6) is -0.668. The Kier molecular flexibility index (Phi) is 17.8. The molecule has 0 unspecified atom stereocenters. The third kappa shape index (κ3) is 19.9. The molecule has 0 spiro atoms. The lowest BCUT2D eigenvalue weighted by molar-refractivity contribution is -0.147. The summed E-state index contributed by atoms with van der Waals surface area (Å²) in [5, 5.41) is 28.6. The molecule has 0 fully saturated rings. The SMILES string of the molecule is CC(=O)OCC(C)(C)N=Cc1ccccc1O.CC(=O)OCC(C)(COC(C)=O)N=Cc1ccccc1O.CC(C)(C)N=Cc1ccccc1O. The summed E-state index contributed by atoms with van der Waals surface area (Å²) in [6.07, 6.45) is 4.75. The molecule has 0 radical (unpaired) electrons. The van der Waals surface area contributed by atoms with Crippen LogP contribution in [0.25, 0.3) is 0 Å². The number of rotatable bonds is 11. The van der Waals surface area contributed by atoms with Crippen LogP contribution in [0, 0.1) is 0 Å². The Morgan fingerprint density at radius 3 is 1.18 bits per heavy atom. The van der Waals surface area contributed by atoms with Crippen LogP contribution in [0.15, 0.2) is 87.8 Å². The minimum atomic E-state index is -0.917. The second-order valence-corrected chi connectivity index (χ2v) is 13.3. The average Bonchev–Trinajstić information content (AvgIpc) is 3.05. The zero-order valence-corrected chi connectivity index (χ0v) is 30.9. The fraction of sp³-hybridized carbons (Fsp3) is 0.385. The molecule has 0 atom stereocenters. The lowest BCUT2D eigenvalue weighted by atomic mass is 10.1. The Bertz CT molecular complexity index is 1640. The van der Waals surface area contributed by atoms with Gasteiger partial charge in [0.25, 0.3) is 0 Å². The molecule has 0 saturated carbocycles. The van der Waals surface area contributed by atoms with E-state index in [1.807, 2.05) is 52.8 Å². The number of phenolic OH excluding ortho intramolecular Hbond substituents is 3. The number of nitrogens with zero attached hydrogens (tertiary/aromatic N) is 3. The fourth-order valence-electron chi connectivity index (χ4n) is 3.47. The molecular formula is C39H51N3O9. The third-order valence-electron chi connectivity index (χ3n) is 6.27. The molecule has 0 heterocycles. The molecule has 12 heteroatoms. The summed E-state index contributed by atoms with van der Waals surface area (Å²) in [6.45, 7) is 15.6. The van der Waals surface area contributed by atoms with E-state index in [2.05, 4.69) is 15.0 Å². The maximum absolute atomic E-state index is 10.9. The van der Waals surface area contributed by atoms with Gasteiger partial charge in [0, 0.05) is 56.1 Å². The number of phenols is 3. The van der Waals surface area contributed by atoms with E-state index in [-0.39, 0.29) is 48.6 Å². The van der Waals surface area contributed by atoms with Gasteiger partial charge in [0.15, 0.2) is 0 Å². The van der Waals surface area contributed by atoms with Crippen molar-refractivity contribution in [3.63, 3.8) is 0 Å². The van der Waals surface area contributed by atoms with Crippen molar-refractivity contribution in [2.75, 3.05) is 19.8 Å². The molecule has 3 rings (SSSR count). The Morgan fingerprint density at radius 2 is 0.843 bits per heavy atom. The van der Waals surface area contributed by atoms with Crippen molar-refractivity contribution in [1.82, 2.24) is 0 Å². The van der Waals surface area contributed by atoms with Crippen LogP contribution in [-0.4, -0.2) is 88.3 Å². The maximum atomic E-state index is 10.9. The predicted octanol–water partition coefficient (Wildman–Crippen LogP) is 6.46. The molecule has 0 bridgehead atoms. The van der Waals surface area contributed by atoms with Crippen molar-refractivity contribution < 1.29 is 43.9 Å². The average molecular weight is 706 g/mol. The van der Waals surface area contributed by atoms with Crippen LogP contribution in [0.1, 0.15) is 79.0 Å².